The molecule has 0 saturated carbocycles. The number of thiazole rings is 1. The number of nitrogens with zero attached hydrogens (tertiary/aromatic N) is 3. The summed E-state index contributed by atoms with van der Waals surface area (Å²) in [5, 5.41) is 3.10. The number of benzene rings is 1. The van der Waals surface area contributed by atoms with Crippen LogP contribution < -0.4 is 0 Å². The number of likely N-dealkylation sites (tertiary alicyclic amines) is 1. The molecule has 0 radical (unpaired) electrons. The molecule has 3 heterocycles. The average Bonchev–Trinajstić information content (AvgIpc) is 3.09. The summed E-state index contributed by atoms with van der Waals surface area (Å²) in [6.07, 6.45) is 6.18. The number of aromatic nitrogens is 2. The Morgan fingerprint density at radius 3 is 3.00 bits per heavy atom. The van der Waals surface area contributed by atoms with E-state index in [4.69, 9.17) is 0 Å². The maximum absolute atomic E-state index is 12.5. The van der Waals surface area contributed by atoms with Crippen molar-refractivity contribution >= 4 is 28.1 Å². The minimum Gasteiger partial charge on any atom is -0.337 e. The molecule has 1 fully saturated rings. The van der Waals surface area contributed by atoms with E-state index in [1.807, 2.05) is 22.5 Å². The summed E-state index contributed by atoms with van der Waals surface area (Å²) in [4.78, 5) is 23.1. The second kappa shape index (κ2) is 7.31. The van der Waals surface area contributed by atoms with Crippen LogP contribution in [-0.4, -0.2) is 33.9 Å². The van der Waals surface area contributed by atoms with E-state index >= 15 is 0 Å². The average molecular weight is 351 g/mol. The first-order valence-electron chi connectivity index (χ1n) is 8.81. The third-order valence-corrected chi connectivity index (χ3v) is 5.62. The van der Waals surface area contributed by atoms with E-state index < -0.39 is 0 Å². The molecule has 1 saturated heterocycles. The predicted octanol–water partition coefficient (Wildman–Crippen LogP) is 4.18. The molecule has 1 aromatic carbocycles. The molecule has 0 N–H and O–H groups in total. The van der Waals surface area contributed by atoms with Crippen LogP contribution in [0.15, 0.2) is 47.4 Å². The van der Waals surface area contributed by atoms with Crippen LogP contribution in [0, 0.1) is 5.92 Å². The van der Waals surface area contributed by atoms with E-state index in [0.29, 0.717) is 11.6 Å². The number of hydrogen-bond acceptors (Lipinski definition) is 4. The number of fused-ring (bicyclic) bond motifs is 1. The fraction of sp³-hybridized carbons (Fsp3) is 0.350. The highest BCUT2D eigenvalue weighted by atomic mass is 32.1. The fourth-order valence-electron chi connectivity index (χ4n) is 3.71. The van der Waals surface area contributed by atoms with Crippen molar-refractivity contribution < 1.29 is 4.79 Å². The number of rotatable bonds is 3. The van der Waals surface area contributed by atoms with E-state index in [0.717, 1.165) is 44.3 Å². The van der Waals surface area contributed by atoms with Gasteiger partial charge in [0.25, 0.3) is 5.91 Å². The summed E-state index contributed by atoms with van der Waals surface area (Å²) in [5.41, 5.74) is 4.75. The molecule has 1 amide bonds. The second-order valence-electron chi connectivity index (χ2n) is 6.65. The van der Waals surface area contributed by atoms with Gasteiger partial charge in [0.15, 0.2) is 0 Å². The molecule has 4 nitrogen and oxygen atoms in total. The lowest BCUT2D eigenvalue weighted by atomic mass is 9.91. The molecule has 3 aromatic rings. The smallest absolute Gasteiger partial charge is 0.273 e. The van der Waals surface area contributed by atoms with E-state index in [1.165, 1.54) is 22.3 Å². The summed E-state index contributed by atoms with van der Waals surface area (Å²) >= 11 is 1.48. The van der Waals surface area contributed by atoms with Gasteiger partial charge in [-0.2, -0.15) is 0 Å². The maximum Gasteiger partial charge on any atom is 0.273 e. The normalized spacial score (nSPS) is 18.2. The van der Waals surface area contributed by atoms with E-state index in [2.05, 4.69) is 34.2 Å². The number of carbonyl (C=O) groups is 1. The summed E-state index contributed by atoms with van der Waals surface area (Å²) in [5.74, 6) is 0.690. The van der Waals surface area contributed by atoms with Crippen molar-refractivity contribution in [1.82, 2.24) is 14.9 Å². The first kappa shape index (κ1) is 16.2. The lowest BCUT2D eigenvalue weighted by molar-refractivity contribution is 0.0755. The van der Waals surface area contributed by atoms with Crippen LogP contribution in [0.1, 0.15) is 35.3 Å². The van der Waals surface area contributed by atoms with Gasteiger partial charge < -0.3 is 4.90 Å². The quantitative estimate of drug-likeness (QED) is 0.711. The lowest BCUT2D eigenvalue weighted by Crippen LogP contribution is -2.32. The lowest BCUT2D eigenvalue weighted by Gasteiger charge is -2.19. The second-order valence-corrected chi connectivity index (χ2v) is 7.37. The predicted molar refractivity (Wildman–Crippen MR) is 101 cm³/mol. The van der Waals surface area contributed by atoms with Gasteiger partial charge >= 0.3 is 0 Å². The third-order valence-electron chi connectivity index (χ3n) is 5.03. The van der Waals surface area contributed by atoms with Crippen molar-refractivity contribution in [3.8, 4) is 0 Å². The zero-order valence-corrected chi connectivity index (χ0v) is 14.9. The highest BCUT2D eigenvalue weighted by Gasteiger charge is 2.23. The number of carbonyl (C=O) groups excluding carboxylic acids is 1. The summed E-state index contributed by atoms with van der Waals surface area (Å²) < 4.78 is 0. The molecule has 2 aromatic heterocycles. The SMILES string of the molecule is O=C(c1cscn1)N1CCC[C@@H](Cc2cccc3ncccc23)CC1. The van der Waals surface area contributed by atoms with Crippen LogP contribution in [0.5, 0.6) is 0 Å². The molecule has 0 unspecified atom stereocenters. The monoisotopic (exact) mass is 351 g/mol. The molecular weight excluding hydrogens is 330 g/mol. The molecule has 128 valence electrons. The largest absolute Gasteiger partial charge is 0.337 e. The highest BCUT2D eigenvalue weighted by Crippen LogP contribution is 2.26. The minimum atomic E-state index is 0.0799. The Bertz CT molecular complexity index is 857. The van der Waals surface area contributed by atoms with Crippen LogP contribution in [0.2, 0.25) is 0 Å². The van der Waals surface area contributed by atoms with Gasteiger partial charge in [-0.15, -0.1) is 11.3 Å². The van der Waals surface area contributed by atoms with Crippen LogP contribution in [0.4, 0.5) is 0 Å². The number of hydrogen-bond donors (Lipinski definition) is 0. The molecule has 0 aliphatic carbocycles. The Balaban J connectivity index is 1.45. The summed E-state index contributed by atoms with van der Waals surface area (Å²) in [6.45, 7) is 1.66. The van der Waals surface area contributed by atoms with Gasteiger partial charge in [-0.05, 0) is 49.3 Å². The van der Waals surface area contributed by atoms with E-state index in [-0.39, 0.29) is 5.91 Å². The Hall–Kier alpha value is -2.27. The Morgan fingerprint density at radius 1 is 1.16 bits per heavy atom. The van der Waals surface area contributed by atoms with Crippen molar-refractivity contribution in [2.24, 2.45) is 5.92 Å². The summed E-state index contributed by atoms with van der Waals surface area (Å²) in [7, 11) is 0. The molecule has 4 rings (SSSR count). The standard InChI is InChI=1S/C20H21N3OS/c24-20(19-13-25-14-22-19)23-10-3-4-15(8-11-23)12-16-5-1-7-18-17(16)6-2-9-21-18/h1-2,5-7,9,13-15H,3-4,8,10-12H2/t15-/m1/s1. The van der Waals surface area contributed by atoms with Gasteiger partial charge in [-0.1, -0.05) is 18.2 Å². The first-order chi connectivity index (χ1) is 12.3. The zero-order chi connectivity index (χ0) is 17.1. The molecule has 0 spiro atoms. The fourth-order valence-corrected chi connectivity index (χ4v) is 4.23. The summed E-state index contributed by atoms with van der Waals surface area (Å²) in [6, 6.07) is 10.5. The molecule has 0 bridgehead atoms. The van der Waals surface area contributed by atoms with Crippen LogP contribution in [-0.2, 0) is 6.42 Å². The molecule has 1 aliphatic heterocycles. The minimum absolute atomic E-state index is 0.0799. The van der Waals surface area contributed by atoms with Crippen molar-refractivity contribution in [1.29, 1.82) is 0 Å². The van der Waals surface area contributed by atoms with Gasteiger partial charge in [0, 0.05) is 30.1 Å². The number of pyridine rings is 1. The van der Waals surface area contributed by atoms with Gasteiger partial charge in [0.2, 0.25) is 0 Å². The Morgan fingerprint density at radius 2 is 2.12 bits per heavy atom. The maximum atomic E-state index is 12.5. The zero-order valence-electron chi connectivity index (χ0n) is 14.1. The first-order valence-corrected chi connectivity index (χ1v) is 9.75. The van der Waals surface area contributed by atoms with Crippen LogP contribution in [0.25, 0.3) is 10.9 Å². The number of amides is 1. The highest BCUT2D eigenvalue weighted by molar-refractivity contribution is 7.07. The van der Waals surface area contributed by atoms with Crippen LogP contribution in [0.3, 0.4) is 0 Å². The van der Waals surface area contributed by atoms with Crippen molar-refractivity contribution in [2.45, 2.75) is 25.7 Å². The molecule has 1 aliphatic rings. The van der Waals surface area contributed by atoms with Gasteiger partial charge in [0.05, 0.1) is 11.0 Å². The molecule has 25 heavy (non-hydrogen) atoms. The third kappa shape index (κ3) is 3.56. The van der Waals surface area contributed by atoms with Gasteiger partial charge in [-0.25, -0.2) is 4.98 Å². The molecular formula is C20H21N3OS. The van der Waals surface area contributed by atoms with Gasteiger partial charge in [-0.3, -0.25) is 9.78 Å². The van der Waals surface area contributed by atoms with E-state index in [9.17, 15) is 4.79 Å². The van der Waals surface area contributed by atoms with Crippen molar-refractivity contribution in [3.05, 3.63) is 58.7 Å². The van der Waals surface area contributed by atoms with Crippen molar-refractivity contribution in [3.63, 3.8) is 0 Å². The van der Waals surface area contributed by atoms with E-state index in [1.54, 1.807) is 5.51 Å². The Labute approximate surface area is 151 Å². The Kier molecular flexibility index (Phi) is 4.74. The van der Waals surface area contributed by atoms with Crippen molar-refractivity contribution in [2.75, 3.05) is 13.1 Å². The van der Waals surface area contributed by atoms with Gasteiger partial charge in [0.1, 0.15) is 5.69 Å². The molecule has 5 heteroatoms. The van der Waals surface area contributed by atoms with Crippen LogP contribution >= 0.6 is 11.3 Å². The molecule has 1 atom stereocenters. The topological polar surface area (TPSA) is 46.1 Å².